The molecule has 0 aliphatic carbocycles. The Morgan fingerprint density at radius 3 is 1.37 bits per heavy atom. The van der Waals surface area contributed by atoms with E-state index in [1.807, 2.05) is 60.7 Å². The molecule has 49 heavy (non-hydrogen) atoms. The quantitative estimate of drug-likeness (QED) is 0.191. The predicted octanol–water partition coefficient (Wildman–Crippen LogP) is 12.3. The number of fused-ring (bicyclic) bond motifs is 3. The van der Waals surface area contributed by atoms with E-state index in [9.17, 15) is 0 Å². The minimum absolute atomic E-state index is 0.0134. The molecular formula is C45H45N3O. The molecule has 4 nitrogen and oxygen atoms in total. The summed E-state index contributed by atoms with van der Waals surface area (Å²) < 4.78 is 7.05. The maximum atomic E-state index is 7.05. The summed E-state index contributed by atoms with van der Waals surface area (Å²) in [4.78, 5) is 15.2. The van der Waals surface area contributed by atoms with Crippen LogP contribution in [-0.4, -0.2) is 15.0 Å². The smallest absolute Gasteiger partial charge is 0.164 e. The Balaban J connectivity index is 1.55. The van der Waals surface area contributed by atoms with Crippen LogP contribution in [0.15, 0.2) is 114 Å². The second-order valence-corrected chi connectivity index (χ2v) is 16.2. The normalized spacial score (nSPS) is 12.6. The van der Waals surface area contributed by atoms with E-state index in [0.717, 1.165) is 49.8 Å². The maximum Gasteiger partial charge on any atom is 0.164 e. The van der Waals surface area contributed by atoms with Crippen LogP contribution >= 0.6 is 0 Å². The van der Waals surface area contributed by atoms with Crippen LogP contribution in [0.4, 0.5) is 0 Å². The van der Waals surface area contributed by atoms with Gasteiger partial charge in [-0.1, -0.05) is 153 Å². The minimum atomic E-state index is -0.106. The third-order valence-corrected chi connectivity index (χ3v) is 9.37. The van der Waals surface area contributed by atoms with Crippen LogP contribution in [0.1, 0.15) is 79.0 Å². The molecule has 5 aromatic carbocycles. The van der Waals surface area contributed by atoms with Crippen molar-refractivity contribution in [3.05, 3.63) is 126 Å². The van der Waals surface area contributed by atoms with Gasteiger partial charge in [-0.3, -0.25) is 0 Å². The first-order valence-corrected chi connectivity index (χ1v) is 17.2. The van der Waals surface area contributed by atoms with Crippen molar-refractivity contribution in [1.29, 1.82) is 0 Å². The largest absolute Gasteiger partial charge is 0.455 e. The number of hydrogen-bond acceptors (Lipinski definition) is 4. The van der Waals surface area contributed by atoms with Crippen LogP contribution in [0, 0.1) is 0 Å². The molecular weight excluding hydrogens is 599 g/mol. The van der Waals surface area contributed by atoms with Crippen LogP contribution in [0.2, 0.25) is 0 Å². The third kappa shape index (κ3) is 6.17. The van der Waals surface area contributed by atoms with Crippen LogP contribution < -0.4 is 0 Å². The fourth-order valence-electron chi connectivity index (χ4n) is 6.44. The molecule has 0 radical (unpaired) electrons. The van der Waals surface area contributed by atoms with Gasteiger partial charge in [-0.2, -0.15) is 0 Å². The first-order valence-electron chi connectivity index (χ1n) is 17.2. The highest BCUT2D eigenvalue weighted by Gasteiger charge is 2.28. The molecule has 2 aromatic heterocycles. The molecule has 7 aromatic rings. The molecule has 0 saturated heterocycles. The van der Waals surface area contributed by atoms with Crippen molar-refractivity contribution < 1.29 is 4.42 Å². The Kier molecular flexibility index (Phi) is 7.82. The predicted molar refractivity (Wildman–Crippen MR) is 205 cm³/mol. The molecule has 246 valence electrons. The second-order valence-electron chi connectivity index (χ2n) is 16.2. The highest BCUT2D eigenvalue weighted by Crippen LogP contribution is 2.46. The first-order chi connectivity index (χ1) is 23.2. The van der Waals surface area contributed by atoms with E-state index in [-0.39, 0.29) is 16.2 Å². The standard InChI is InChI=1S/C45H45N3O/c1-43(2,3)30-24-34(38-35(25-30)36-26-31(44(4,5)6)27-37(39(36)49-38)45(7,8)9)32-22-16-17-23-33(32)42-47-40(28-18-12-10-13-19-28)46-41(48-42)29-20-14-11-15-21-29/h10-27H,1-9H3. The van der Waals surface area contributed by atoms with Gasteiger partial charge in [-0.25, -0.2) is 15.0 Å². The van der Waals surface area contributed by atoms with Crippen molar-refractivity contribution in [1.82, 2.24) is 15.0 Å². The molecule has 0 atom stereocenters. The molecule has 0 aliphatic rings. The summed E-state index contributed by atoms with van der Waals surface area (Å²) >= 11 is 0. The lowest BCUT2D eigenvalue weighted by Gasteiger charge is -2.25. The van der Waals surface area contributed by atoms with Crippen molar-refractivity contribution >= 4 is 21.9 Å². The number of hydrogen-bond donors (Lipinski definition) is 0. The lowest BCUT2D eigenvalue weighted by atomic mass is 9.79. The number of rotatable bonds is 4. The van der Waals surface area contributed by atoms with Crippen LogP contribution in [0.5, 0.6) is 0 Å². The summed E-state index contributed by atoms with van der Waals surface area (Å²) in [5, 5.41) is 2.30. The monoisotopic (exact) mass is 643 g/mol. The third-order valence-electron chi connectivity index (χ3n) is 9.37. The van der Waals surface area contributed by atoms with Gasteiger partial charge in [0.1, 0.15) is 11.2 Å². The van der Waals surface area contributed by atoms with Crippen molar-refractivity contribution in [3.8, 4) is 45.3 Å². The van der Waals surface area contributed by atoms with Crippen LogP contribution in [0.3, 0.4) is 0 Å². The molecule has 0 N–H and O–H groups in total. The summed E-state index contributed by atoms with van der Waals surface area (Å²) in [6.45, 7) is 20.5. The average molecular weight is 644 g/mol. The van der Waals surface area contributed by atoms with Crippen molar-refractivity contribution in [2.45, 2.75) is 78.6 Å². The summed E-state index contributed by atoms with van der Waals surface area (Å²) in [7, 11) is 0. The van der Waals surface area contributed by atoms with Gasteiger partial charge in [0.15, 0.2) is 17.5 Å². The lowest BCUT2D eigenvalue weighted by molar-refractivity contribution is 0.559. The van der Waals surface area contributed by atoms with E-state index < -0.39 is 0 Å². The zero-order chi connectivity index (χ0) is 34.7. The molecule has 2 heterocycles. The first kappa shape index (κ1) is 32.5. The van der Waals surface area contributed by atoms with Gasteiger partial charge in [0.2, 0.25) is 0 Å². The molecule has 0 aliphatic heterocycles. The van der Waals surface area contributed by atoms with Crippen LogP contribution in [-0.2, 0) is 16.2 Å². The average Bonchev–Trinajstić information content (AvgIpc) is 3.45. The number of furan rings is 1. The Bertz CT molecular complexity index is 2260. The molecule has 0 spiro atoms. The van der Waals surface area contributed by atoms with E-state index >= 15 is 0 Å². The SMILES string of the molecule is CC(C)(C)c1cc(-c2ccccc2-c2nc(-c3ccccc3)nc(-c3ccccc3)n2)c2oc3c(C(C)(C)C)cc(C(C)(C)C)cc3c2c1. The van der Waals surface area contributed by atoms with Gasteiger partial charge < -0.3 is 4.42 Å². The summed E-state index contributed by atoms with van der Waals surface area (Å²) in [6.07, 6.45) is 0. The van der Waals surface area contributed by atoms with Crippen LogP contribution in [0.25, 0.3) is 67.2 Å². The van der Waals surface area contributed by atoms with Crippen molar-refractivity contribution in [3.63, 3.8) is 0 Å². The highest BCUT2D eigenvalue weighted by atomic mass is 16.3. The zero-order valence-corrected chi connectivity index (χ0v) is 30.1. The van der Waals surface area contributed by atoms with Crippen molar-refractivity contribution in [2.75, 3.05) is 0 Å². The number of benzene rings is 5. The Hall–Kier alpha value is -5.09. The Labute approximate surface area is 290 Å². The van der Waals surface area contributed by atoms with Gasteiger partial charge in [0.05, 0.1) is 0 Å². The second kappa shape index (κ2) is 11.8. The van der Waals surface area contributed by atoms with Crippen molar-refractivity contribution in [2.24, 2.45) is 0 Å². The molecule has 0 fully saturated rings. The van der Waals surface area contributed by atoms with E-state index in [4.69, 9.17) is 19.4 Å². The molecule has 0 amide bonds. The number of nitrogens with zero attached hydrogens (tertiary/aromatic N) is 3. The Morgan fingerprint density at radius 1 is 0.408 bits per heavy atom. The number of aromatic nitrogens is 3. The van der Waals surface area contributed by atoms with E-state index in [2.05, 4.69) is 111 Å². The van der Waals surface area contributed by atoms with Gasteiger partial charge in [0.25, 0.3) is 0 Å². The minimum Gasteiger partial charge on any atom is -0.455 e. The van der Waals surface area contributed by atoms with E-state index in [0.29, 0.717) is 17.5 Å². The lowest BCUT2D eigenvalue weighted by Crippen LogP contribution is -2.16. The fraction of sp³-hybridized carbons (Fsp3) is 0.267. The van der Waals surface area contributed by atoms with Gasteiger partial charge >= 0.3 is 0 Å². The van der Waals surface area contributed by atoms with E-state index in [1.54, 1.807) is 0 Å². The van der Waals surface area contributed by atoms with Gasteiger partial charge in [0, 0.05) is 38.6 Å². The summed E-state index contributed by atoms with van der Waals surface area (Å²) in [5.74, 6) is 1.90. The highest BCUT2D eigenvalue weighted by molar-refractivity contribution is 6.12. The van der Waals surface area contributed by atoms with Gasteiger partial charge in [-0.05, 0) is 51.1 Å². The Morgan fingerprint density at radius 2 is 0.857 bits per heavy atom. The summed E-state index contributed by atoms with van der Waals surface area (Å²) in [5.41, 5.74) is 10.3. The zero-order valence-electron chi connectivity index (χ0n) is 30.1. The molecule has 4 heteroatoms. The topological polar surface area (TPSA) is 51.8 Å². The fourth-order valence-corrected chi connectivity index (χ4v) is 6.44. The van der Waals surface area contributed by atoms with E-state index in [1.165, 1.54) is 16.7 Å². The molecule has 0 bridgehead atoms. The van der Waals surface area contributed by atoms with Gasteiger partial charge in [-0.15, -0.1) is 0 Å². The maximum absolute atomic E-state index is 7.05. The summed E-state index contributed by atoms with van der Waals surface area (Å²) in [6, 6.07) is 38.0. The molecule has 0 unspecified atom stereocenters. The molecule has 7 rings (SSSR count). The molecule has 0 saturated carbocycles.